The highest BCUT2D eigenvalue weighted by atomic mass is 79.9. The van der Waals surface area contributed by atoms with Crippen molar-refractivity contribution in [2.45, 2.75) is 45.4 Å². The molecular formula is C12H21Br. The van der Waals surface area contributed by atoms with Gasteiger partial charge in [0.1, 0.15) is 0 Å². The Morgan fingerprint density at radius 3 is 2.62 bits per heavy atom. The first-order valence-electron chi connectivity index (χ1n) is 5.87. The van der Waals surface area contributed by atoms with Crippen LogP contribution in [0.1, 0.15) is 45.4 Å². The molecule has 2 fully saturated rings. The standard InChI is InChI=1S/C12H21Br/c1-9-5-6-10(7-9)12-4-2-3-11(12)8-13/h9-12H,2-8H2,1H3/t9-,10?,11?,12?/m1/s1. The molecule has 0 radical (unpaired) electrons. The van der Waals surface area contributed by atoms with Gasteiger partial charge >= 0.3 is 0 Å². The van der Waals surface area contributed by atoms with E-state index in [1.54, 1.807) is 0 Å². The highest BCUT2D eigenvalue weighted by molar-refractivity contribution is 9.09. The summed E-state index contributed by atoms with van der Waals surface area (Å²) in [5.41, 5.74) is 0. The lowest BCUT2D eigenvalue weighted by Gasteiger charge is -2.24. The molecule has 0 heterocycles. The number of hydrogen-bond donors (Lipinski definition) is 0. The number of rotatable bonds is 2. The van der Waals surface area contributed by atoms with Crippen LogP contribution in [0.2, 0.25) is 0 Å². The van der Waals surface area contributed by atoms with Crippen molar-refractivity contribution in [3.8, 4) is 0 Å². The van der Waals surface area contributed by atoms with E-state index in [9.17, 15) is 0 Å². The van der Waals surface area contributed by atoms with Crippen LogP contribution in [0.4, 0.5) is 0 Å². The van der Waals surface area contributed by atoms with E-state index < -0.39 is 0 Å². The van der Waals surface area contributed by atoms with Crippen LogP contribution in [-0.4, -0.2) is 5.33 Å². The highest BCUT2D eigenvalue weighted by Gasteiger charge is 2.35. The predicted octanol–water partition coefficient (Wildman–Crippen LogP) is 4.23. The molecule has 0 aliphatic heterocycles. The second kappa shape index (κ2) is 4.33. The van der Waals surface area contributed by atoms with Crippen molar-refractivity contribution in [3.05, 3.63) is 0 Å². The summed E-state index contributed by atoms with van der Waals surface area (Å²) >= 11 is 3.68. The Kier molecular flexibility index (Phi) is 3.34. The zero-order valence-corrected chi connectivity index (χ0v) is 10.2. The van der Waals surface area contributed by atoms with E-state index in [-0.39, 0.29) is 0 Å². The highest BCUT2D eigenvalue weighted by Crippen LogP contribution is 2.45. The van der Waals surface area contributed by atoms with Gasteiger partial charge in [-0.25, -0.2) is 0 Å². The Morgan fingerprint density at radius 1 is 1.15 bits per heavy atom. The fourth-order valence-electron chi connectivity index (χ4n) is 3.52. The third-order valence-corrected chi connectivity index (χ3v) is 5.09. The van der Waals surface area contributed by atoms with E-state index in [1.807, 2.05) is 0 Å². The molecule has 0 aromatic heterocycles. The minimum atomic E-state index is 1.01. The summed E-state index contributed by atoms with van der Waals surface area (Å²) in [4.78, 5) is 0. The maximum Gasteiger partial charge on any atom is 0.00624 e. The Balaban J connectivity index is 1.92. The average molecular weight is 245 g/mol. The Morgan fingerprint density at radius 2 is 2.00 bits per heavy atom. The van der Waals surface area contributed by atoms with Crippen LogP contribution >= 0.6 is 15.9 Å². The molecule has 2 saturated carbocycles. The number of halogens is 1. The molecule has 13 heavy (non-hydrogen) atoms. The van der Waals surface area contributed by atoms with E-state index >= 15 is 0 Å². The first kappa shape index (κ1) is 10.0. The van der Waals surface area contributed by atoms with Crippen LogP contribution in [0, 0.1) is 23.7 Å². The first-order chi connectivity index (χ1) is 6.31. The summed E-state index contributed by atoms with van der Waals surface area (Å²) in [5, 5.41) is 1.25. The molecule has 3 unspecified atom stereocenters. The van der Waals surface area contributed by atoms with Gasteiger partial charge < -0.3 is 0 Å². The maximum atomic E-state index is 3.68. The Bertz CT molecular complexity index is 167. The molecule has 0 aromatic rings. The summed E-state index contributed by atoms with van der Waals surface area (Å²) in [6.07, 6.45) is 9.04. The van der Waals surface area contributed by atoms with E-state index in [2.05, 4.69) is 22.9 Å². The van der Waals surface area contributed by atoms with Crippen molar-refractivity contribution >= 4 is 15.9 Å². The van der Waals surface area contributed by atoms with Crippen LogP contribution in [0.25, 0.3) is 0 Å². The Labute approximate surface area is 90.6 Å². The maximum absolute atomic E-state index is 3.68. The van der Waals surface area contributed by atoms with Gasteiger partial charge in [0.05, 0.1) is 0 Å². The molecular weight excluding hydrogens is 224 g/mol. The van der Waals surface area contributed by atoms with Crippen LogP contribution in [-0.2, 0) is 0 Å². The van der Waals surface area contributed by atoms with Crippen LogP contribution in [0.5, 0.6) is 0 Å². The molecule has 4 atom stereocenters. The molecule has 76 valence electrons. The van der Waals surface area contributed by atoms with Gasteiger partial charge in [-0.1, -0.05) is 35.7 Å². The smallest absolute Gasteiger partial charge is 0.00624 e. The van der Waals surface area contributed by atoms with Crippen LogP contribution in [0.3, 0.4) is 0 Å². The van der Waals surface area contributed by atoms with Gasteiger partial charge in [-0.3, -0.25) is 0 Å². The monoisotopic (exact) mass is 244 g/mol. The zero-order chi connectivity index (χ0) is 9.26. The molecule has 0 N–H and O–H groups in total. The molecule has 1 heteroatoms. The lowest BCUT2D eigenvalue weighted by Crippen LogP contribution is -2.17. The number of alkyl halides is 1. The molecule has 2 aliphatic carbocycles. The average Bonchev–Trinajstić information content (AvgIpc) is 2.71. The SMILES string of the molecule is C[C@@H]1CCC(C2CCCC2CBr)C1. The van der Waals surface area contributed by atoms with Crippen molar-refractivity contribution in [3.63, 3.8) is 0 Å². The topological polar surface area (TPSA) is 0 Å². The van der Waals surface area contributed by atoms with Crippen molar-refractivity contribution in [1.29, 1.82) is 0 Å². The minimum absolute atomic E-state index is 1.01. The van der Waals surface area contributed by atoms with Crippen molar-refractivity contribution in [2.75, 3.05) is 5.33 Å². The summed E-state index contributed by atoms with van der Waals surface area (Å²) in [5.74, 6) is 4.18. The van der Waals surface area contributed by atoms with Gasteiger partial charge in [-0.2, -0.15) is 0 Å². The third kappa shape index (κ3) is 2.11. The molecule has 2 aliphatic rings. The van der Waals surface area contributed by atoms with E-state index in [4.69, 9.17) is 0 Å². The Hall–Kier alpha value is 0.480. The molecule has 0 saturated heterocycles. The van der Waals surface area contributed by atoms with E-state index in [0.717, 1.165) is 23.7 Å². The second-order valence-corrected chi connectivity index (χ2v) is 5.83. The predicted molar refractivity (Wildman–Crippen MR) is 61.1 cm³/mol. The second-order valence-electron chi connectivity index (χ2n) is 5.19. The zero-order valence-electron chi connectivity index (χ0n) is 8.64. The summed E-state index contributed by atoms with van der Waals surface area (Å²) < 4.78 is 0. The third-order valence-electron chi connectivity index (χ3n) is 4.26. The van der Waals surface area contributed by atoms with Gasteiger partial charge in [0.25, 0.3) is 0 Å². The van der Waals surface area contributed by atoms with Gasteiger partial charge in [-0.15, -0.1) is 0 Å². The summed E-state index contributed by atoms with van der Waals surface area (Å²) in [7, 11) is 0. The molecule has 2 rings (SSSR count). The summed E-state index contributed by atoms with van der Waals surface area (Å²) in [6, 6.07) is 0. The fraction of sp³-hybridized carbons (Fsp3) is 1.00. The van der Waals surface area contributed by atoms with Crippen molar-refractivity contribution in [1.82, 2.24) is 0 Å². The largest absolute Gasteiger partial charge is 0.0925 e. The van der Waals surface area contributed by atoms with E-state index in [1.165, 1.54) is 43.9 Å². The van der Waals surface area contributed by atoms with Crippen LogP contribution in [0.15, 0.2) is 0 Å². The molecule has 0 bridgehead atoms. The molecule has 0 spiro atoms. The molecule has 0 nitrogen and oxygen atoms in total. The number of hydrogen-bond acceptors (Lipinski definition) is 0. The van der Waals surface area contributed by atoms with Gasteiger partial charge in [-0.05, 0) is 49.4 Å². The van der Waals surface area contributed by atoms with Gasteiger partial charge in [0.2, 0.25) is 0 Å². The lowest BCUT2D eigenvalue weighted by atomic mass is 9.83. The quantitative estimate of drug-likeness (QED) is 0.638. The van der Waals surface area contributed by atoms with Crippen molar-refractivity contribution < 1.29 is 0 Å². The normalized spacial score (nSPS) is 45.7. The lowest BCUT2D eigenvalue weighted by molar-refractivity contribution is 0.278. The minimum Gasteiger partial charge on any atom is -0.0925 e. The van der Waals surface area contributed by atoms with Crippen LogP contribution < -0.4 is 0 Å². The molecule has 0 aromatic carbocycles. The van der Waals surface area contributed by atoms with Crippen molar-refractivity contribution in [2.24, 2.45) is 23.7 Å². The summed E-state index contributed by atoms with van der Waals surface area (Å²) in [6.45, 7) is 2.43. The van der Waals surface area contributed by atoms with Gasteiger partial charge in [0, 0.05) is 5.33 Å². The fourth-order valence-corrected chi connectivity index (χ4v) is 4.32. The van der Waals surface area contributed by atoms with Gasteiger partial charge in [0.15, 0.2) is 0 Å². The molecule has 0 amide bonds. The van der Waals surface area contributed by atoms with E-state index in [0.29, 0.717) is 0 Å². The first-order valence-corrected chi connectivity index (χ1v) is 6.99.